The molecule has 0 heteroatoms. The molecule has 0 aliphatic heterocycles. The Morgan fingerprint density at radius 3 is 1.31 bits per heavy atom. The van der Waals surface area contributed by atoms with Crippen LogP contribution in [0.25, 0.3) is 76.8 Å². The van der Waals surface area contributed by atoms with Crippen LogP contribution in [-0.4, -0.2) is 0 Å². The van der Waals surface area contributed by atoms with Gasteiger partial charge in [0.15, 0.2) is 0 Å². The van der Waals surface area contributed by atoms with Crippen LogP contribution in [0.4, 0.5) is 0 Å². The molecule has 0 saturated heterocycles. The molecular weight excluding hydrogens is 504 g/mol. The van der Waals surface area contributed by atoms with Gasteiger partial charge in [-0.1, -0.05) is 170 Å². The summed E-state index contributed by atoms with van der Waals surface area (Å²) in [6.07, 6.45) is 0. The van der Waals surface area contributed by atoms with Crippen molar-refractivity contribution in [3.05, 3.63) is 170 Å². The Bertz CT molecular complexity index is 2560. The maximum absolute atomic E-state index is 9.20. The third kappa shape index (κ3) is 4.08. The zero-order valence-electron chi connectivity index (χ0n) is 30.5. The van der Waals surface area contributed by atoms with E-state index < -0.39 is 24.2 Å². The Labute approximate surface area is 257 Å². The number of hydrogen-bond acceptors (Lipinski definition) is 0. The van der Waals surface area contributed by atoms with E-state index in [1.54, 1.807) is 0 Å². The normalized spacial score (nSPS) is 14.0. The van der Waals surface area contributed by atoms with Crippen molar-refractivity contribution in [3.8, 4) is 44.5 Å². The Balaban J connectivity index is 1.48. The van der Waals surface area contributed by atoms with Crippen LogP contribution >= 0.6 is 0 Å². The molecule has 0 radical (unpaired) electrons. The van der Waals surface area contributed by atoms with Gasteiger partial charge in [-0.3, -0.25) is 0 Å². The van der Waals surface area contributed by atoms with E-state index in [4.69, 9.17) is 5.48 Å². The van der Waals surface area contributed by atoms with Crippen molar-refractivity contribution in [2.24, 2.45) is 0 Å². The van der Waals surface area contributed by atoms with Crippen LogP contribution in [0.2, 0.25) is 0 Å². The van der Waals surface area contributed by atoms with Crippen LogP contribution in [0.15, 0.2) is 170 Å². The molecule has 0 aliphatic carbocycles. The van der Waals surface area contributed by atoms with Crippen molar-refractivity contribution in [1.82, 2.24) is 0 Å². The van der Waals surface area contributed by atoms with E-state index in [1.807, 2.05) is 103 Å². The molecule has 0 fully saturated rings. The Morgan fingerprint density at radius 2 is 0.738 bits per heavy atom. The highest BCUT2D eigenvalue weighted by Crippen LogP contribution is 2.44. The third-order valence-corrected chi connectivity index (χ3v) is 7.93. The van der Waals surface area contributed by atoms with Crippen molar-refractivity contribution in [2.75, 3.05) is 0 Å². The first-order valence-electron chi connectivity index (χ1n) is 17.9. The topological polar surface area (TPSA) is 0 Å². The summed E-state index contributed by atoms with van der Waals surface area (Å²) in [5, 5.41) is 3.00. The first-order valence-corrected chi connectivity index (χ1v) is 13.9. The zero-order valence-corrected chi connectivity index (χ0v) is 22.5. The first-order chi connectivity index (χ1) is 24.2. The van der Waals surface area contributed by atoms with Crippen molar-refractivity contribution < 1.29 is 11.0 Å². The van der Waals surface area contributed by atoms with Gasteiger partial charge in [-0.15, -0.1) is 0 Å². The molecule has 0 bridgehead atoms. The number of rotatable bonds is 4. The summed E-state index contributed by atoms with van der Waals surface area (Å²) in [6.45, 7) is 0. The summed E-state index contributed by atoms with van der Waals surface area (Å²) in [5.41, 5.74) is 5.74. The highest BCUT2D eigenvalue weighted by Gasteiger charge is 2.16. The van der Waals surface area contributed by atoms with Crippen molar-refractivity contribution in [2.45, 2.75) is 0 Å². The molecule has 8 rings (SSSR count). The summed E-state index contributed by atoms with van der Waals surface area (Å²) in [4.78, 5) is 0. The number of benzene rings is 8. The fourth-order valence-electron chi connectivity index (χ4n) is 5.96. The van der Waals surface area contributed by atoms with E-state index in [2.05, 4.69) is 18.2 Å². The van der Waals surface area contributed by atoms with Crippen LogP contribution in [0.5, 0.6) is 0 Å². The molecule has 0 aromatic heterocycles. The van der Waals surface area contributed by atoms with Gasteiger partial charge in [0.2, 0.25) is 0 Å². The second-order valence-corrected chi connectivity index (χ2v) is 10.3. The van der Waals surface area contributed by atoms with Gasteiger partial charge in [0.1, 0.15) is 0 Å². The van der Waals surface area contributed by atoms with Gasteiger partial charge >= 0.3 is 0 Å². The molecule has 0 spiro atoms. The fourth-order valence-corrected chi connectivity index (χ4v) is 5.96. The predicted molar refractivity (Wildman–Crippen MR) is 181 cm³/mol. The highest BCUT2D eigenvalue weighted by atomic mass is 14.2. The summed E-state index contributed by atoms with van der Waals surface area (Å²) in [7, 11) is 0. The van der Waals surface area contributed by atoms with Crippen LogP contribution in [-0.2, 0) is 0 Å². The third-order valence-electron chi connectivity index (χ3n) is 7.93. The van der Waals surface area contributed by atoms with Gasteiger partial charge < -0.3 is 0 Å². The fraction of sp³-hybridized carbons (Fsp3) is 0. The molecule has 0 saturated carbocycles. The molecule has 0 N–H and O–H groups in total. The van der Waals surface area contributed by atoms with Crippen LogP contribution in [0.1, 0.15) is 11.0 Å². The van der Waals surface area contributed by atoms with Crippen LogP contribution < -0.4 is 0 Å². The van der Waals surface area contributed by atoms with Crippen molar-refractivity contribution >= 4 is 32.3 Å². The van der Waals surface area contributed by atoms with E-state index in [0.717, 1.165) is 33.0 Å². The molecule has 196 valence electrons. The molecule has 0 aliphatic rings. The lowest BCUT2D eigenvalue weighted by atomic mass is 9.85. The molecule has 8 aromatic rings. The minimum Gasteiger partial charge on any atom is -0.0622 e. The van der Waals surface area contributed by atoms with E-state index in [1.165, 1.54) is 0 Å². The molecule has 42 heavy (non-hydrogen) atoms. The van der Waals surface area contributed by atoms with Crippen molar-refractivity contribution in [1.29, 1.82) is 0 Å². The maximum atomic E-state index is 9.20. The molecule has 8 aromatic carbocycles. The summed E-state index contributed by atoms with van der Waals surface area (Å²) >= 11 is 0. The largest absolute Gasteiger partial charge is 0.0629 e. The van der Waals surface area contributed by atoms with Gasteiger partial charge in [0, 0.05) is 0 Å². The van der Waals surface area contributed by atoms with Crippen molar-refractivity contribution in [3.63, 3.8) is 0 Å². The molecular formula is C42H28. The number of hydrogen-bond donors (Lipinski definition) is 0. The van der Waals surface area contributed by atoms with Gasteiger partial charge in [-0.05, 0) is 76.8 Å². The van der Waals surface area contributed by atoms with Gasteiger partial charge in [0.05, 0.1) is 11.0 Å². The Kier molecular flexibility index (Phi) is 4.21. The molecule has 0 atom stereocenters. The second kappa shape index (κ2) is 10.2. The second-order valence-electron chi connectivity index (χ2n) is 10.3. The lowest BCUT2D eigenvalue weighted by Crippen LogP contribution is -1.91. The van der Waals surface area contributed by atoms with Gasteiger partial charge in [0.25, 0.3) is 0 Å². The minimum absolute atomic E-state index is 0.202. The van der Waals surface area contributed by atoms with Gasteiger partial charge in [-0.25, -0.2) is 0 Å². The quantitative estimate of drug-likeness (QED) is 0.195. The molecule has 0 amide bonds. The summed E-state index contributed by atoms with van der Waals surface area (Å²) in [5.74, 6) is 0. The minimum atomic E-state index is -0.415. The van der Waals surface area contributed by atoms with E-state index in [-0.39, 0.29) is 45.7 Å². The highest BCUT2D eigenvalue weighted by molar-refractivity contribution is 6.21. The van der Waals surface area contributed by atoms with Crippen LogP contribution in [0, 0.1) is 0 Å². The average molecular weight is 541 g/mol. The standard InChI is InChI=1S/C42H28/c1-2-11-29(12-3-1)30-21-25-33(26-22-30)41-37-16-6-8-18-39(37)42(40-19-9-7-17-38(40)41)34-27-23-32(24-28-34)36-20-10-14-31-13-4-5-15-35(31)36/h1-28H/i6D,7D,8D,9D,16D,17D,18D,19D. The number of fused-ring (bicyclic) bond motifs is 3. The van der Waals surface area contributed by atoms with E-state index in [0.29, 0.717) is 22.3 Å². The zero-order chi connectivity index (χ0) is 34.8. The Hall–Kier alpha value is -5.46. The van der Waals surface area contributed by atoms with Crippen LogP contribution in [0.3, 0.4) is 0 Å². The molecule has 0 nitrogen and oxygen atoms in total. The first kappa shape index (κ1) is 17.4. The SMILES string of the molecule is [2H]c1c([2H])c([2H])c2c(-c3ccc(-c4cccc5ccccc45)cc3)c3c([2H])c([2H])c([2H])c([2H])c3c(-c3ccc(-c4ccccc4)cc3)c2c1[2H]. The summed E-state index contributed by atoms with van der Waals surface area (Å²) < 4.78 is 71.5. The van der Waals surface area contributed by atoms with E-state index >= 15 is 0 Å². The van der Waals surface area contributed by atoms with Gasteiger partial charge in [-0.2, -0.15) is 0 Å². The molecule has 0 unspecified atom stereocenters. The van der Waals surface area contributed by atoms with E-state index in [9.17, 15) is 5.48 Å². The smallest absolute Gasteiger partial charge is 0.0622 e. The lowest BCUT2D eigenvalue weighted by molar-refractivity contribution is 1.61. The average Bonchev–Trinajstić information content (AvgIpc) is 3.16. The lowest BCUT2D eigenvalue weighted by Gasteiger charge is -2.18. The maximum Gasteiger partial charge on any atom is 0.0629 e. The monoisotopic (exact) mass is 540 g/mol. The summed E-state index contributed by atoms with van der Waals surface area (Å²) in [6, 6.07) is 36.4. The predicted octanol–water partition coefficient (Wildman–Crippen LogP) is 11.8. The molecule has 0 heterocycles. The Morgan fingerprint density at radius 1 is 0.310 bits per heavy atom.